The van der Waals surface area contributed by atoms with E-state index in [1.807, 2.05) is 13.8 Å². The van der Waals surface area contributed by atoms with Gasteiger partial charge < -0.3 is 19.3 Å². The van der Waals surface area contributed by atoms with Gasteiger partial charge in [0.2, 0.25) is 0 Å². The molecule has 1 saturated heterocycles. The van der Waals surface area contributed by atoms with Gasteiger partial charge in [0, 0.05) is 25.7 Å². The second-order valence-electron chi connectivity index (χ2n) is 15.0. The Hall–Kier alpha value is -1.14. The van der Waals surface area contributed by atoms with E-state index in [0.717, 1.165) is 25.7 Å². The lowest BCUT2D eigenvalue weighted by Crippen LogP contribution is -2.59. The molecule has 0 bridgehead atoms. The third kappa shape index (κ3) is 4.44. The first kappa shape index (κ1) is 28.4. The molecule has 0 aromatic carbocycles. The molecule has 0 aromatic heterocycles. The van der Waals surface area contributed by atoms with E-state index < -0.39 is 5.60 Å². The SMILES string of the molecule is CC(=O)O[C@H]1CC[C@]2(C)[C@H]3CC[C@]4(C)[C@@H]([C@H](C)[C@@H](C[C@@H](C)C(C)(C)O)OC(C)=O)CC[C@H]4[C@@H]3C[C@H]3O[C@]32C1. The van der Waals surface area contributed by atoms with E-state index in [1.54, 1.807) is 0 Å². The Labute approximate surface area is 229 Å². The first-order valence-corrected chi connectivity index (χ1v) is 15.4. The molecule has 1 aliphatic heterocycles. The number of hydrogen-bond acceptors (Lipinski definition) is 6. The number of carbonyl (C=O) groups excluding carboxylic acids is 2. The molecule has 6 nitrogen and oxygen atoms in total. The van der Waals surface area contributed by atoms with Gasteiger partial charge in [-0.2, -0.15) is 0 Å². The number of carbonyl (C=O) groups is 2. The van der Waals surface area contributed by atoms with Crippen molar-refractivity contribution in [1.82, 2.24) is 0 Å². The predicted octanol–water partition coefficient (Wildman–Crippen LogP) is 6.07. The maximum Gasteiger partial charge on any atom is 0.302 e. The predicted molar refractivity (Wildman–Crippen MR) is 145 cm³/mol. The summed E-state index contributed by atoms with van der Waals surface area (Å²) < 4.78 is 18.2. The minimum atomic E-state index is -0.805. The second-order valence-corrected chi connectivity index (χ2v) is 15.0. The van der Waals surface area contributed by atoms with E-state index >= 15 is 0 Å². The highest BCUT2D eigenvalue weighted by molar-refractivity contribution is 5.66. The van der Waals surface area contributed by atoms with Gasteiger partial charge in [-0.25, -0.2) is 0 Å². The van der Waals surface area contributed by atoms with Crippen molar-refractivity contribution in [2.45, 2.75) is 143 Å². The van der Waals surface area contributed by atoms with Crippen molar-refractivity contribution in [3.05, 3.63) is 0 Å². The number of fused-ring (bicyclic) bond motifs is 4. The van der Waals surface area contributed by atoms with E-state index in [1.165, 1.54) is 39.5 Å². The fourth-order valence-electron chi connectivity index (χ4n) is 10.4. The number of esters is 2. The molecule has 0 aromatic rings. The van der Waals surface area contributed by atoms with Gasteiger partial charge in [0.25, 0.3) is 0 Å². The molecule has 1 spiro atoms. The van der Waals surface area contributed by atoms with Crippen molar-refractivity contribution in [3.8, 4) is 0 Å². The van der Waals surface area contributed by atoms with Crippen LogP contribution < -0.4 is 0 Å². The average Bonchev–Trinajstić information content (AvgIpc) is 3.38. The monoisotopic (exact) mass is 532 g/mol. The Bertz CT molecular complexity index is 941. The Kier molecular flexibility index (Phi) is 7.07. The van der Waals surface area contributed by atoms with Crippen LogP contribution in [0.5, 0.6) is 0 Å². The van der Waals surface area contributed by atoms with Gasteiger partial charge in [-0.15, -0.1) is 0 Å². The number of rotatable bonds is 7. The van der Waals surface area contributed by atoms with E-state index in [9.17, 15) is 14.7 Å². The van der Waals surface area contributed by atoms with Gasteiger partial charge >= 0.3 is 11.9 Å². The van der Waals surface area contributed by atoms with E-state index in [4.69, 9.17) is 14.2 Å². The number of ether oxygens (including phenoxy) is 3. The highest BCUT2D eigenvalue weighted by atomic mass is 16.6. The van der Waals surface area contributed by atoms with Gasteiger partial charge in [0.15, 0.2) is 0 Å². The van der Waals surface area contributed by atoms with Crippen LogP contribution in [0, 0.1) is 46.3 Å². The largest absolute Gasteiger partial charge is 0.462 e. The minimum absolute atomic E-state index is 0.00260. The molecule has 5 rings (SSSR count). The molecule has 4 aliphatic carbocycles. The van der Waals surface area contributed by atoms with Gasteiger partial charge in [0.1, 0.15) is 17.8 Å². The lowest BCUT2D eigenvalue weighted by Gasteiger charge is -2.59. The Morgan fingerprint density at radius 3 is 2.37 bits per heavy atom. The molecule has 216 valence electrons. The van der Waals surface area contributed by atoms with Crippen molar-refractivity contribution < 1.29 is 28.9 Å². The lowest BCUT2D eigenvalue weighted by atomic mass is 9.44. The summed E-state index contributed by atoms with van der Waals surface area (Å²) in [7, 11) is 0. The summed E-state index contributed by atoms with van der Waals surface area (Å²) in [6.07, 6.45) is 9.70. The van der Waals surface area contributed by atoms with Crippen molar-refractivity contribution in [2.24, 2.45) is 46.3 Å². The number of hydrogen-bond donors (Lipinski definition) is 1. The van der Waals surface area contributed by atoms with Gasteiger partial charge in [-0.1, -0.05) is 27.7 Å². The van der Waals surface area contributed by atoms with Crippen LogP contribution in [-0.4, -0.2) is 46.6 Å². The summed E-state index contributed by atoms with van der Waals surface area (Å²) in [5, 5.41) is 10.6. The minimum Gasteiger partial charge on any atom is -0.462 e. The fourth-order valence-corrected chi connectivity index (χ4v) is 10.4. The Balaban J connectivity index is 1.34. The maximum absolute atomic E-state index is 12.1. The summed E-state index contributed by atoms with van der Waals surface area (Å²) in [6.45, 7) is 16.1. The van der Waals surface area contributed by atoms with Crippen LogP contribution in [0.4, 0.5) is 0 Å². The topological polar surface area (TPSA) is 85.4 Å². The molecule has 1 heterocycles. The standard InChI is InChI=1S/C32H52O6/c1-18(29(5,6)35)15-27(37-21(4)34)19(2)24-9-10-25-23-16-28-32(38-28)17-22(36-20(3)33)11-14-31(32,8)26(23)12-13-30(24,25)7/h18-19,22-28,35H,9-17H2,1-8H3/t18-,19+,22+,23+,24-,25+,26+,27-,28-,30-,31-,32-/m1/s1. The van der Waals surface area contributed by atoms with Crippen molar-refractivity contribution >= 4 is 11.9 Å². The summed E-state index contributed by atoms with van der Waals surface area (Å²) in [5.41, 5.74) is -0.512. The van der Waals surface area contributed by atoms with Crippen molar-refractivity contribution in [3.63, 3.8) is 0 Å². The highest BCUT2D eigenvalue weighted by Gasteiger charge is 2.76. The lowest BCUT2D eigenvalue weighted by molar-refractivity contribution is -0.159. The second kappa shape index (κ2) is 9.46. The van der Waals surface area contributed by atoms with Crippen molar-refractivity contribution in [2.75, 3.05) is 0 Å². The number of epoxide rings is 1. The molecule has 0 amide bonds. The molecule has 38 heavy (non-hydrogen) atoms. The summed E-state index contributed by atoms with van der Waals surface area (Å²) in [6, 6.07) is 0. The van der Waals surface area contributed by atoms with Crippen LogP contribution in [0.25, 0.3) is 0 Å². The molecule has 4 saturated carbocycles. The van der Waals surface area contributed by atoms with Crippen LogP contribution >= 0.6 is 0 Å². The Morgan fingerprint density at radius 2 is 1.74 bits per heavy atom. The molecule has 0 unspecified atom stereocenters. The molecule has 5 fully saturated rings. The van der Waals surface area contributed by atoms with Gasteiger partial charge in [-0.3, -0.25) is 9.59 Å². The average molecular weight is 533 g/mol. The smallest absolute Gasteiger partial charge is 0.302 e. The third-order valence-corrected chi connectivity index (χ3v) is 12.8. The normalized spacial score (nSPS) is 45.9. The number of aliphatic hydroxyl groups is 1. The quantitative estimate of drug-likeness (QED) is 0.316. The zero-order valence-electron chi connectivity index (χ0n) is 25.0. The van der Waals surface area contributed by atoms with Crippen LogP contribution in [0.15, 0.2) is 0 Å². The maximum atomic E-state index is 12.1. The summed E-state index contributed by atoms with van der Waals surface area (Å²) in [5.74, 6) is 2.40. The van der Waals surface area contributed by atoms with E-state index in [-0.39, 0.29) is 52.4 Å². The molecular weight excluding hydrogens is 480 g/mol. The summed E-state index contributed by atoms with van der Waals surface area (Å²) >= 11 is 0. The van der Waals surface area contributed by atoms with Crippen LogP contribution in [0.2, 0.25) is 0 Å². The zero-order chi connectivity index (χ0) is 27.8. The van der Waals surface area contributed by atoms with Crippen LogP contribution in [-0.2, 0) is 23.8 Å². The Morgan fingerprint density at radius 1 is 1.03 bits per heavy atom. The zero-order valence-corrected chi connectivity index (χ0v) is 25.0. The highest BCUT2D eigenvalue weighted by Crippen LogP contribution is 2.74. The van der Waals surface area contributed by atoms with Crippen molar-refractivity contribution in [1.29, 1.82) is 0 Å². The van der Waals surface area contributed by atoms with Crippen LogP contribution in [0.3, 0.4) is 0 Å². The fraction of sp³-hybridized carbons (Fsp3) is 0.938. The molecule has 1 N–H and O–H groups in total. The van der Waals surface area contributed by atoms with Gasteiger partial charge in [-0.05, 0) is 106 Å². The molecular formula is C32H52O6. The molecule has 12 atom stereocenters. The van der Waals surface area contributed by atoms with Crippen LogP contribution in [0.1, 0.15) is 113 Å². The first-order chi connectivity index (χ1) is 17.6. The molecule has 0 radical (unpaired) electrons. The third-order valence-electron chi connectivity index (χ3n) is 12.8. The van der Waals surface area contributed by atoms with E-state index in [0.29, 0.717) is 36.2 Å². The molecule has 6 heteroatoms. The van der Waals surface area contributed by atoms with E-state index in [2.05, 4.69) is 27.7 Å². The first-order valence-electron chi connectivity index (χ1n) is 15.4. The van der Waals surface area contributed by atoms with Gasteiger partial charge in [0.05, 0.1) is 11.7 Å². The summed E-state index contributed by atoms with van der Waals surface area (Å²) in [4.78, 5) is 23.8. The molecule has 5 aliphatic rings.